The molecule has 3 rings (SSSR count). The molecule has 0 saturated carbocycles. The number of nitrogens with zero attached hydrogens (tertiary/aromatic N) is 1. The Labute approximate surface area is 134 Å². The van der Waals surface area contributed by atoms with E-state index in [-0.39, 0.29) is 22.8 Å². The van der Waals surface area contributed by atoms with Gasteiger partial charge in [0.2, 0.25) is 0 Å². The van der Waals surface area contributed by atoms with Crippen LogP contribution in [-0.4, -0.2) is 11.1 Å². The summed E-state index contributed by atoms with van der Waals surface area (Å²) in [5, 5.41) is 11.2. The molecule has 0 N–H and O–H groups in total. The molecule has 0 amide bonds. The van der Waals surface area contributed by atoms with Gasteiger partial charge in [-0.15, -0.1) is 0 Å². The highest BCUT2D eigenvalue weighted by molar-refractivity contribution is 5.79. The van der Waals surface area contributed by atoms with Crippen molar-refractivity contribution in [3.8, 4) is 11.5 Å². The lowest BCUT2D eigenvalue weighted by molar-refractivity contribution is -0.384. The Hall–Kier alpha value is -3.68. The summed E-state index contributed by atoms with van der Waals surface area (Å²) in [4.78, 5) is 32.9. The van der Waals surface area contributed by atoms with Crippen molar-refractivity contribution >= 4 is 22.8 Å². The van der Waals surface area contributed by atoms with Crippen molar-refractivity contribution in [1.82, 2.24) is 0 Å². The molecule has 8 heteroatoms. The molecule has 0 atom stereocenters. The Morgan fingerprint density at radius 2 is 1.58 bits per heavy atom. The van der Waals surface area contributed by atoms with E-state index in [4.69, 9.17) is 13.9 Å². The molecule has 0 aliphatic carbocycles. The number of hydrogen-bond donors (Lipinski definition) is 0. The predicted octanol–water partition coefficient (Wildman–Crippen LogP) is 3.28. The fourth-order valence-electron chi connectivity index (χ4n) is 1.95. The van der Waals surface area contributed by atoms with E-state index in [0.29, 0.717) is 5.39 Å². The lowest BCUT2D eigenvalue weighted by Gasteiger charge is -2.06. The van der Waals surface area contributed by atoms with Crippen LogP contribution < -0.4 is 15.1 Å². The van der Waals surface area contributed by atoms with Gasteiger partial charge in [0.05, 0.1) is 4.92 Å². The van der Waals surface area contributed by atoms with E-state index in [9.17, 15) is 19.7 Å². The average molecular weight is 327 g/mol. The highest BCUT2D eigenvalue weighted by atomic mass is 16.7. The summed E-state index contributed by atoms with van der Waals surface area (Å²) in [7, 11) is 0. The number of nitro groups is 1. The Bertz CT molecular complexity index is 976. The number of carbonyl (C=O) groups excluding carboxylic acids is 1. The number of fused-ring (bicyclic) bond motifs is 1. The lowest BCUT2D eigenvalue weighted by Crippen LogP contribution is -2.13. The van der Waals surface area contributed by atoms with Crippen molar-refractivity contribution in [1.29, 1.82) is 0 Å². The van der Waals surface area contributed by atoms with Gasteiger partial charge in [0.1, 0.15) is 17.1 Å². The monoisotopic (exact) mass is 327 g/mol. The van der Waals surface area contributed by atoms with E-state index >= 15 is 0 Å². The number of nitro benzene ring substituents is 1. The molecular formula is C16H9NO7. The van der Waals surface area contributed by atoms with Gasteiger partial charge in [-0.3, -0.25) is 10.1 Å². The van der Waals surface area contributed by atoms with Crippen LogP contribution >= 0.6 is 0 Å². The summed E-state index contributed by atoms with van der Waals surface area (Å²) in [6.07, 6.45) is -1.03. The van der Waals surface area contributed by atoms with Gasteiger partial charge < -0.3 is 13.9 Å². The summed E-state index contributed by atoms with van der Waals surface area (Å²) in [5.41, 5.74) is -0.378. The number of ether oxygens (including phenoxy) is 2. The van der Waals surface area contributed by atoms with Crippen LogP contribution in [0.3, 0.4) is 0 Å². The first kappa shape index (κ1) is 15.2. The highest BCUT2D eigenvalue weighted by Crippen LogP contribution is 2.21. The van der Waals surface area contributed by atoms with Crippen LogP contribution in [0, 0.1) is 10.1 Å². The highest BCUT2D eigenvalue weighted by Gasteiger charge is 2.11. The van der Waals surface area contributed by atoms with Crippen molar-refractivity contribution in [2.24, 2.45) is 0 Å². The van der Waals surface area contributed by atoms with E-state index < -0.39 is 16.7 Å². The first-order valence-electron chi connectivity index (χ1n) is 6.69. The van der Waals surface area contributed by atoms with Crippen LogP contribution in [0.1, 0.15) is 0 Å². The van der Waals surface area contributed by atoms with Crippen molar-refractivity contribution in [2.45, 2.75) is 0 Å². The second kappa shape index (κ2) is 6.21. The molecule has 120 valence electrons. The molecule has 0 radical (unpaired) electrons. The molecule has 0 bridgehead atoms. The zero-order valence-electron chi connectivity index (χ0n) is 12.0. The Morgan fingerprint density at radius 1 is 0.958 bits per heavy atom. The quantitative estimate of drug-likeness (QED) is 0.239. The zero-order valence-corrected chi connectivity index (χ0v) is 12.0. The van der Waals surface area contributed by atoms with Crippen LogP contribution in [0.15, 0.2) is 63.8 Å². The van der Waals surface area contributed by atoms with Gasteiger partial charge in [0, 0.05) is 29.7 Å². The number of non-ortho nitro benzene ring substituents is 1. The minimum Gasteiger partial charge on any atom is -0.423 e. The maximum Gasteiger partial charge on any atom is 0.519 e. The standard InChI is InChI=1S/C16H9NO7/c18-15-8-2-10-1-5-13(9-14(10)24-15)23-16(19)22-12-6-3-11(4-7-12)17(20)21/h1-9H. The van der Waals surface area contributed by atoms with Crippen LogP contribution in [-0.2, 0) is 0 Å². The molecule has 1 heterocycles. The third-order valence-corrected chi connectivity index (χ3v) is 3.04. The van der Waals surface area contributed by atoms with Gasteiger partial charge in [0.25, 0.3) is 5.69 Å². The van der Waals surface area contributed by atoms with E-state index in [1.54, 1.807) is 12.1 Å². The van der Waals surface area contributed by atoms with Gasteiger partial charge in [-0.05, 0) is 30.3 Å². The molecule has 2 aromatic carbocycles. The molecule has 0 saturated heterocycles. The van der Waals surface area contributed by atoms with Crippen LogP contribution in [0.4, 0.5) is 10.5 Å². The van der Waals surface area contributed by atoms with Gasteiger partial charge in [-0.2, -0.15) is 0 Å². The van der Waals surface area contributed by atoms with Crippen molar-refractivity contribution in [3.05, 3.63) is 75.1 Å². The van der Waals surface area contributed by atoms with Crippen LogP contribution in [0.5, 0.6) is 11.5 Å². The van der Waals surface area contributed by atoms with Gasteiger partial charge in [0.15, 0.2) is 0 Å². The first-order chi connectivity index (χ1) is 11.5. The van der Waals surface area contributed by atoms with E-state index in [1.807, 2.05) is 0 Å². The summed E-state index contributed by atoms with van der Waals surface area (Å²) < 4.78 is 14.9. The van der Waals surface area contributed by atoms with E-state index in [0.717, 1.165) is 0 Å². The summed E-state index contributed by atoms with van der Waals surface area (Å²) >= 11 is 0. The fourth-order valence-corrected chi connectivity index (χ4v) is 1.95. The Morgan fingerprint density at radius 3 is 2.29 bits per heavy atom. The number of hydrogen-bond acceptors (Lipinski definition) is 7. The van der Waals surface area contributed by atoms with Crippen molar-refractivity contribution < 1.29 is 23.6 Å². The molecule has 0 unspecified atom stereocenters. The maximum atomic E-state index is 11.7. The minimum atomic E-state index is -1.03. The van der Waals surface area contributed by atoms with Crippen LogP contribution in [0.25, 0.3) is 11.0 Å². The van der Waals surface area contributed by atoms with E-state index in [1.165, 1.54) is 42.5 Å². The van der Waals surface area contributed by atoms with Gasteiger partial charge in [-0.25, -0.2) is 9.59 Å². The molecule has 8 nitrogen and oxygen atoms in total. The average Bonchev–Trinajstić information content (AvgIpc) is 2.54. The maximum absolute atomic E-state index is 11.7. The molecule has 0 fully saturated rings. The van der Waals surface area contributed by atoms with Crippen molar-refractivity contribution in [2.75, 3.05) is 0 Å². The summed E-state index contributed by atoms with van der Waals surface area (Å²) in [6.45, 7) is 0. The predicted molar refractivity (Wildman–Crippen MR) is 82.2 cm³/mol. The smallest absolute Gasteiger partial charge is 0.423 e. The molecule has 0 aliphatic rings. The normalized spacial score (nSPS) is 10.3. The molecule has 3 aromatic rings. The van der Waals surface area contributed by atoms with E-state index in [2.05, 4.69) is 0 Å². The van der Waals surface area contributed by atoms with Crippen molar-refractivity contribution in [3.63, 3.8) is 0 Å². The topological polar surface area (TPSA) is 109 Å². The summed E-state index contributed by atoms with van der Waals surface area (Å²) in [5.74, 6) is 0.224. The molecule has 0 aliphatic heterocycles. The van der Waals surface area contributed by atoms with Gasteiger partial charge >= 0.3 is 11.8 Å². The summed E-state index contributed by atoms with van der Waals surface area (Å²) in [6, 6.07) is 12.3. The molecular weight excluding hydrogens is 318 g/mol. The fraction of sp³-hybridized carbons (Fsp3) is 0. The number of benzene rings is 2. The molecule has 1 aromatic heterocycles. The van der Waals surface area contributed by atoms with Crippen LogP contribution in [0.2, 0.25) is 0 Å². The SMILES string of the molecule is O=C(Oc1ccc([N+](=O)[O-])cc1)Oc1ccc2ccc(=O)oc2c1. The second-order valence-corrected chi connectivity index (χ2v) is 4.66. The number of carbonyl (C=O) groups is 1. The third kappa shape index (κ3) is 3.38. The lowest BCUT2D eigenvalue weighted by atomic mass is 10.2. The molecule has 0 spiro atoms. The largest absolute Gasteiger partial charge is 0.519 e. The minimum absolute atomic E-state index is 0.0953. The third-order valence-electron chi connectivity index (χ3n) is 3.04. The van der Waals surface area contributed by atoms with Gasteiger partial charge in [-0.1, -0.05) is 0 Å². The molecule has 24 heavy (non-hydrogen) atoms. The zero-order chi connectivity index (χ0) is 17.1. The number of rotatable bonds is 3. The second-order valence-electron chi connectivity index (χ2n) is 4.66. The Balaban J connectivity index is 1.72. The Kier molecular flexibility index (Phi) is 3.94. The first-order valence-corrected chi connectivity index (χ1v) is 6.69.